The van der Waals surface area contributed by atoms with Crippen LogP contribution in [0.2, 0.25) is 0 Å². The molecule has 1 unspecified atom stereocenters. The van der Waals surface area contributed by atoms with Crippen molar-refractivity contribution in [2.24, 2.45) is 5.92 Å². The summed E-state index contributed by atoms with van der Waals surface area (Å²) in [6.07, 6.45) is 7.38. The van der Waals surface area contributed by atoms with E-state index in [1.807, 2.05) is 0 Å². The minimum Gasteiger partial charge on any atom is -0.243 e. The highest BCUT2D eigenvalue weighted by Crippen LogP contribution is 2.43. The highest BCUT2D eigenvalue weighted by molar-refractivity contribution is 5.30. The molecule has 0 saturated heterocycles. The van der Waals surface area contributed by atoms with Crippen molar-refractivity contribution < 1.29 is 4.39 Å². The lowest BCUT2D eigenvalue weighted by molar-refractivity contribution is 0.171. The Labute approximate surface area is 146 Å². The molecule has 0 N–H and O–H groups in total. The summed E-state index contributed by atoms with van der Waals surface area (Å²) in [6.45, 7) is 14.6. The quantitative estimate of drug-likeness (QED) is 0.625. The van der Waals surface area contributed by atoms with Gasteiger partial charge in [-0.2, -0.15) is 0 Å². The summed E-state index contributed by atoms with van der Waals surface area (Å²) in [6, 6.07) is 0. The molecule has 3 nitrogen and oxygen atoms in total. The third-order valence-electron chi connectivity index (χ3n) is 5.80. The van der Waals surface area contributed by atoms with Gasteiger partial charge in [0.25, 0.3) is 0 Å². The van der Waals surface area contributed by atoms with Crippen LogP contribution in [0.15, 0.2) is 12.2 Å². The summed E-state index contributed by atoms with van der Waals surface area (Å²) in [7, 11) is 0. The third kappa shape index (κ3) is 3.29. The summed E-state index contributed by atoms with van der Waals surface area (Å²) in [5.41, 5.74) is 0.498. The number of halogens is 1. The third-order valence-corrected chi connectivity index (χ3v) is 5.80. The zero-order chi connectivity index (χ0) is 18.0. The molecule has 0 aromatic carbocycles. The fraction of sp³-hybridized carbons (Fsp3) is 0.800. The lowest BCUT2D eigenvalue weighted by Crippen LogP contribution is -2.37. The molecule has 1 aliphatic carbocycles. The molecule has 2 rings (SSSR count). The highest BCUT2D eigenvalue weighted by atomic mass is 19.1. The maximum absolute atomic E-state index is 15.8. The Bertz CT molecular complexity index is 571. The van der Waals surface area contributed by atoms with E-state index in [1.165, 1.54) is 0 Å². The Morgan fingerprint density at radius 2 is 1.96 bits per heavy atom. The Hall–Kier alpha value is -1.19. The second kappa shape index (κ2) is 7.37. The normalized spacial score (nSPS) is 22.1. The lowest BCUT2D eigenvalue weighted by Gasteiger charge is -2.36. The largest absolute Gasteiger partial charge is 0.243 e. The average Bonchev–Trinajstić information content (AvgIpc) is 2.94. The Morgan fingerprint density at radius 1 is 1.29 bits per heavy atom. The van der Waals surface area contributed by atoms with E-state index in [1.54, 1.807) is 6.92 Å². The van der Waals surface area contributed by atoms with Crippen LogP contribution in [0.4, 0.5) is 4.39 Å². The summed E-state index contributed by atoms with van der Waals surface area (Å²) in [5, 5.41) is 8.89. The van der Waals surface area contributed by atoms with Crippen LogP contribution in [0.25, 0.3) is 0 Å². The van der Waals surface area contributed by atoms with Crippen molar-refractivity contribution in [3.05, 3.63) is 23.5 Å². The van der Waals surface area contributed by atoms with Crippen LogP contribution in [-0.4, -0.2) is 15.0 Å². The van der Waals surface area contributed by atoms with Crippen molar-refractivity contribution in [1.29, 1.82) is 0 Å². The first kappa shape index (κ1) is 19.1. The molecular weight excluding hydrogens is 301 g/mol. The number of hydrogen-bond donors (Lipinski definition) is 0. The van der Waals surface area contributed by atoms with Crippen LogP contribution in [0.1, 0.15) is 91.0 Å². The molecule has 1 aliphatic rings. The van der Waals surface area contributed by atoms with E-state index in [0.717, 1.165) is 50.6 Å². The SMILES string of the molecule is C=C(C)C1(F)CCCCCc2c1nnn2C(CC)(CC)CC(C)C. The number of nitrogens with zero attached hydrogens (tertiary/aromatic N) is 3. The van der Waals surface area contributed by atoms with Crippen molar-refractivity contribution in [3.63, 3.8) is 0 Å². The van der Waals surface area contributed by atoms with Gasteiger partial charge in [-0.3, -0.25) is 0 Å². The van der Waals surface area contributed by atoms with Gasteiger partial charge in [-0.1, -0.05) is 45.9 Å². The lowest BCUT2D eigenvalue weighted by atomic mass is 9.81. The predicted octanol–water partition coefficient (Wildman–Crippen LogP) is 5.70. The first-order valence-corrected chi connectivity index (χ1v) is 9.61. The van der Waals surface area contributed by atoms with E-state index in [-0.39, 0.29) is 5.54 Å². The molecule has 0 aliphatic heterocycles. The topological polar surface area (TPSA) is 30.7 Å². The van der Waals surface area contributed by atoms with Crippen LogP contribution >= 0.6 is 0 Å². The molecule has 1 aromatic heterocycles. The van der Waals surface area contributed by atoms with Gasteiger partial charge in [-0.25, -0.2) is 9.07 Å². The monoisotopic (exact) mass is 335 g/mol. The second-order valence-corrected chi connectivity index (χ2v) is 7.97. The van der Waals surface area contributed by atoms with Crippen LogP contribution in [0.3, 0.4) is 0 Å². The van der Waals surface area contributed by atoms with Gasteiger partial charge in [0, 0.05) is 0 Å². The van der Waals surface area contributed by atoms with E-state index in [9.17, 15) is 0 Å². The van der Waals surface area contributed by atoms with Crippen molar-refractivity contribution in [3.8, 4) is 0 Å². The second-order valence-electron chi connectivity index (χ2n) is 7.97. The number of rotatable bonds is 6. The molecule has 0 bridgehead atoms. The summed E-state index contributed by atoms with van der Waals surface area (Å²) in [4.78, 5) is 0. The molecule has 0 spiro atoms. The number of aromatic nitrogens is 3. The van der Waals surface area contributed by atoms with Crippen molar-refractivity contribution in [2.75, 3.05) is 0 Å². The molecular formula is C20H34FN3. The number of hydrogen-bond acceptors (Lipinski definition) is 2. The van der Waals surface area contributed by atoms with Crippen LogP contribution in [-0.2, 0) is 17.6 Å². The van der Waals surface area contributed by atoms with E-state index in [4.69, 9.17) is 0 Å². The maximum Gasteiger partial charge on any atom is 0.176 e. The fourth-order valence-electron chi connectivity index (χ4n) is 4.27. The molecule has 0 saturated carbocycles. The van der Waals surface area contributed by atoms with Gasteiger partial charge in [0.1, 0.15) is 5.69 Å². The van der Waals surface area contributed by atoms with Crippen LogP contribution in [0.5, 0.6) is 0 Å². The van der Waals surface area contributed by atoms with E-state index < -0.39 is 5.67 Å². The maximum atomic E-state index is 15.8. The minimum atomic E-state index is -1.53. The smallest absolute Gasteiger partial charge is 0.176 e. The zero-order valence-corrected chi connectivity index (χ0v) is 16.2. The number of allylic oxidation sites excluding steroid dienone is 1. The van der Waals surface area contributed by atoms with Crippen molar-refractivity contribution in [1.82, 2.24) is 15.0 Å². The zero-order valence-electron chi connectivity index (χ0n) is 16.2. The average molecular weight is 336 g/mol. The van der Waals surface area contributed by atoms with Crippen LogP contribution in [0, 0.1) is 5.92 Å². The molecule has 1 aromatic rings. The summed E-state index contributed by atoms with van der Waals surface area (Å²) < 4.78 is 17.9. The molecule has 0 fully saturated rings. The van der Waals surface area contributed by atoms with Gasteiger partial charge in [-0.15, -0.1) is 5.10 Å². The molecule has 136 valence electrons. The van der Waals surface area contributed by atoms with Gasteiger partial charge in [0.05, 0.1) is 11.2 Å². The van der Waals surface area contributed by atoms with Crippen molar-refractivity contribution in [2.45, 2.75) is 97.2 Å². The first-order valence-electron chi connectivity index (χ1n) is 9.61. The molecule has 1 atom stereocenters. The Morgan fingerprint density at radius 3 is 2.50 bits per heavy atom. The Balaban J connectivity index is 2.60. The highest BCUT2D eigenvalue weighted by Gasteiger charge is 2.42. The van der Waals surface area contributed by atoms with Crippen LogP contribution < -0.4 is 0 Å². The summed E-state index contributed by atoms with van der Waals surface area (Å²) in [5.74, 6) is 0.564. The van der Waals surface area contributed by atoms with Gasteiger partial charge in [-0.05, 0) is 63.4 Å². The number of fused-ring (bicyclic) bond motifs is 1. The molecule has 4 heteroatoms. The van der Waals surface area contributed by atoms with E-state index >= 15 is 4.39 Å². The fourth-order valence-corrected chi connectivity index (χ4v) is 4.27. The standard InChI is InChI=1S/C20H34FN3/c1-7-19(8-2,14-15(3)4)24-17-12-10-9-11-13-20(21,16(5)6)18(17)22-23-24/h15H,5,7-14H2,1-4,6H3. The predicted molar refractivity (Wildman–Crippen MR) is 97.8 cm³/mol. The molecule has 0 radical (unpaired) electrons. The van der Waals surface area contributed by atoms with Gasteiger partial charge < -0.3 is 0 Å². The Kier molecular flexibility index (Phi) is 5.87. The summed E-state index contributed by atoms with van der Waals surface area (Å²) >= 11 is 0. The molecule has 24 heavy (non-hydrogen) atoms. The van der Waals surface area contributed by atoms with Gasteiger partial charge in [0.15, 0.2) is 5.67 Å². The van der Waals surface area contributed by atoms with Gasteiger partial charge in [0.2, 0.25) is 0 Å². The molecule has 1 heterocycles. The van der Waals surface area contributed by atoms with E-state index in [2.05, 4.69) is 49.3 Å². The number of alkyl halides is 1. The van der Waals surface area contributed by atoms with Crippen molar-refractivity contribution >= 4 is 0 Å². The molecule has 0 amide bonds. The minimum absolute atomic E-state index is 0.0655. The first-order chi connectivity index (χ1) is 11.3. The van der Waals surface area contributed by atoms with Gasteiger partial charge >= 0.3 is 0 Å². The van der Waals surface area contributed by atoms with E-state index in [0.29, 0.717) is 23.6 Å².